The number of aryl methyl sites for hydroxylation is 1. The zero-order valence-corrected chi connectivity index (χ0v) is 51.7. The minimum Gasteiger partial charge on any atom is -0.391 e. The van der Waals surface area contributed by atoms with Crippen molar-refractivity contribution in [1.82, 2.24) is 45.6 Å². The Labute approximate surface area is 513 Å². The third kappa shape index (κ3) is 16.9. The van der Waals surface area contributed by atoms with Crippen LogP contribution in [0.2, 0.25) is 0 Å². The first-order valence-electron chi connectivity index (χ1n) is 30.0. The molecule has 0 radical (unpaired) electrons. The van der Waals surface area contributed by atoms with Gasteiger partial charge in [0.05, 0.1) is 44.7 Å². The van der Waals surface area contributed by atoms with Crippen LogP contribution >= 0.6 is 11.3 Å². The number of carbonyl (C=O) groups excluding carboxylic acids is 6. The minimum absolute atomic E-state index is 0.0200. The highest BCUT2D eigenvalue weighted by molar-refractivity contribution is 7.13. The monoisotopic (exact) mass is 1240 g/mol. The molecule has 2 aromatic carbocycles. The number of aliphatic hydroxyl groups is 1. The summed E-state index contributed by atoms with van der Waals surface area (Å²) in [5.74, 6) is -2.69. The molecule has 3 aromatic heterocycles. The van der Waals surface area contributed by atoms with Crippen molar-refractivity contribution in [3.05, 3.63) is 111 Å². The normalized spacial score (nSPS) is 18.7. The number of aliphatic hydroxyl groups excluding tert-OH is 1. The molecule has 0 saturated carbocycles. The second-order valence-electron chi connectivity index (χ2n) is 24.3. The Morgan fingerprint density at radius 3 is 2.14 bits per heavy atom. The van der Waals surface area contributed by atoms with Gasteiger partial charge in [0, 0.05) is 126 Å². The van der Waals surface area contributed by atoms with Gasteiger partial charge in [-0.1, -0.05) is 64.3 Å². The number of nitrogens with zero attached hydrogens (tertiary/aromatic N) is 7. The first-order valence-corrected chi connectivity index (χ1v) is 30.9. The van der Waals surface area contributed by atoms with Crippen molar-refractivity contribution in [2.45, 2.75) is 142 Å². The number of carbonyl (C=O) groups is 6. The number of anilines is 3. The van der Waals surface area contributed by atoms with Crippen LogP contribution in [0.15, 0.2) is 77.3 Å². The maximum Gasteiger partial charge on any atom is 0.417 e. The molecule has 5 atom stereocenters. The van der Waals surface area contributed by atoms with Gasteiger partial charge in [-0.3, -0.25) is 38.5 Å². The molecular weight excluding hydrogens is 1160 g/mol. The fourth-order valence-corrected chi connectivity index (χ4v) is 12.2. The lowest BCUT2D eigenvalue weighted by Crippen LogP contribution is -2.57. The predicted octanol–water partition coefficient (Wildman–Crippen LogP) is 7.50. The summed E-state index contributed by atoms with van der Waals surface area (Å²) in [4.78, 5) is 113. The number of β-amino-alcohol motifs (C(OH)–C–C–N with tert-alkyl or cyclic N) is 1. The maximum atomic E-state index is 16.2. The lowest BCUT2D eigenvalue weighted by molar-refractivity contribution is -0.144. The molecule has 3 saturated heterocycles. The number of rotatable bonds is 22. The number of aromatic amines is 1. The number of thiazole rings is 1. The van der Waals surface area contributed by atoms with Gasteiger partial charge < -0.3 is 51.0 Å². The number of piperazine rings is 2. The number of unbranched alkanes of at least 4 members (excludes halogenated alkanes) is 4. The van der Waals surface area contributed by atoms with Crippen LogP contribution in [0.1, 0.15) is 120 Å². The van der Waals surface area contributed by atoms with Gasteiger partial charge in [-0.25, -0.2) is 14.4 Å². The van der Waals surface area contributed by atoms with E-state index in [-0.39, 0.29) is 91.4 Å². The van der Waals surface area contributed by atoms with Crippen molar-refractivity contribution < 1.29 is 51.4 Å². The SMILES string of the molecule is Cc1ncsc1-c1ccc(CNC(=O)[C@@H]2C[C@@H](O)CN2C(=O)[C@@H](NC(=O)CCCCCCCNC(=O)CCC(=O)N2CCN(c3ccc(-c4cc(NC(=O)c5c[nH]c(=O)cc5C(F)(F)F)c(N5C[C@@H](C)N(C)[C@@H](C)C5)cc4F)cn3)CC2)C(C)(C)C)cc1. The molecule has 3 aliphatic heterocycles. The fourth-order valence-electron chi connectivity index (χ4n) is 11.4. The number of hydrogen-bond donors (Lipinski definition) is 6. The average Bonchev–Trinajstić information content (AvgIpc) is 1.93. The summed E-state index contributed by atoms with van der Waals surface area (Å²) in [6.07, 6.45) is 0.330. The number of hydrogen-bond acceptors (Lipinski definition) is 14. The van der Waals surface area contributed by atoms with Crippen LogP contribution in [-0.4, -0.2) is 160 Å². The number of halogens is 4. The Balaban J connectivity index is 0.731. The molecule has 8 rings (SSSR count). The van der Waals surface area contributed by atoms with Gasteiger partial charge in [0.1, 0.15) is 23.7 Å². The Bertz CT molecular complexity index is 3340. The molecule has 6 heterocycles. The number of benzene rings is 2. The summed E-state index contributed by atoms with van der Waals surface area (Å²) in [6, 6.07) is 12.4. The van der Waals surface area contributed by atoms with E-state index in [1.807, 2.05) is 82.7 Å². The van der Waals surface area contributed by atoms with E-state index in [0.29, 0.717) is 82.3 Å². The van der Waals surface area contributed by atoms with Gasteiger partial charge >= 0.3 is 6.18 Å². The second kappa shape index (κ2) is 29.0. The Hall–Kier alpha value is -7.77. The molecule has 6 N–H and O–H groups in total. The van der Waals surface area contributed by atoms with Crippen molar-refractivity contribution in [3.8, 4) is 21.6 Å². The summed E-state index contributed by atoms with van der Waals surface area (Å²) in [5.41, 5.74) is 1.47. The topological polar surface area (TPSA) is 246 Å². The molecule has 0 bridgehead atoms. The molecule has 0 aliphatic carbocycles. The number of pyridine rings is 2. The number of likely N-dealkylation sites (tertiary alicyclic amines) is 1. The van der Waals surface area contributed by atoms with Gasteiger partial charge in [-0.15, -0.1) is 11.3 Å². The zero-order chi connectivity index (χ0) is 63.6. The maximum absolute atomic E-state index is 16.2. The lowest BCUT2D eigenvalue weighted by Gasteiger charge is -2.44. The van der Waals surface area contributed by atoms with Gasteiger partial charge in [-0.2, -0.15) is 13.2 Å². The van der Waals surface area contributed by atoms with E-state index >= 15 is 4.39 Å². The van der Waals surface area contributed by atoms with Gasteiger partial charge in [-0.05, 0) is 81.5 Å². The standard InChI is InChI=1S/C63H80F4N12O8S/c1-38-34-78(35-39(2)75(38)7)50-30-48(64)45(28-49(50)73-59(85)46-33-70-55(83)29-47(46)63(65,66)67)43-18-19-52(69-32-43)76-23-25-77(26-24-76)56(84)21-20-53(81)68-22-12-10-8-9-11-13-54(82)74-58(62(4,5)6)61(87)79-36-44(80)27-51(79)60(86)71-31-41-14-16-42(17-15-41)57-40(3)72-37-88-57/h14-19,28-30,32-33,37-39,44,51,58,80H,8-13,20-27,31,34-36H2,1-7H3,(H,68,81)(H,70,83)(H,71,86)(H,73,85)(H,74,82)/t38-,39+,44-,51+,58-/m1/s1. The Morgan fingerprint density at radius 1 is 0.807 bits per heavy atom. The molecule has 474 valence electrons. The van der Waals surface area contributed by atoms with E-state index in [9.17, 15) is 51.8 Å². The largest absolute Gasteiger partial charge is 0.417 e. The molecular formula is C63H80F4N12O8S. The van der Waals surface area contributed by atoms with E-state index < -0.39 is 64.1 Å². The fraction of sp³-hybridized carbons (Fsp3) is 0.508. The van der Waals surface area contributed by atoms with Crippen LogP contribution in [0.5, 0.6) is 0 Å². The van der Waals surface area contributed by atoms with Crippen LogP contribution < -0.4 is 36.6 Å². The van der Waals surface area contributed by atoms with E-state index in [4.69, 9.17) is 0 Å². The first kappa shape index (κ1) is 66.2. The van der Waals surface area contributed by atoms with Crippen LogP contribution in [0.3, 0.4) is 0 Å². The molecule has 5 aromatic rings. The summed E-state index contributed by atoms with van der Waals surface area (Å²) in [7, 11) is 1.97. The number of aromatic nitrogens is 3. The number of amides is 6. The molecule has 3 aliphatic rings. The van der Waals surface area contributed by atoms with Crippen molar-refractivity contribution in [1.29, 1.82) is 0 Å². The Kier molecular flexibility index (Phi) is 21.8. The third-order valence-corrected chi connectivity index (χ3v) is 17.7. The highest BCUT2D eigenvalue weighted by atomic mass is 32.1. The van der Waals surface area contributed by atoms with E-state index in [0.717, 1.165) is 41.0 Å². The lowest BCUT2D eigenvalue weighted by atomic mass is 9.85. The van der Waals surface area contributed by atoms with Gasteiger partial charge in [0.15, 0.2) is 0 Å². The number of H-pyrrole nitrogens is 1. The van der Waals surface area contributed by atoms with Crippen LogP contribution in [-0.2, 0) is 36.7 Å². The smallest absolute Gasteiger partial charge is 0.391 e. The van der Waals surface area contributed by atoms with E-state index in [1.165, 1.54) is 23.2 Å². The molecule has 0 unspecified atom stereocenters. The Morgan fingerprint density at radius 2 is 1.49 bits per heavy atom. The third-order valence-electron chi connectivity index (χ3n) is 16.7. The molecule has 25 heteroatoms. The second-order valence-corrected chi connectivity index (χ2v) is 25.1. The van der Waals surface area contributed by atoms with Crippen LogP contribution in [0.4, 0.5) is 34.8 Å². The molecule has 88 heavy (non-hydrogen) atoms. The first-order chi connectivity index (χ1) is 41.7. The summed E-state index contributed by atoms with van der Waals surface area (Å²) < 4.78 is 58.2. The van der Waals surface area contributed by atoms with Crippen molar-refractivity contribution in [2.24, 2.45) is 5.41 Å². The number of alkyl halides is 3. The summed E-state index contributed by atoms with van der Waals surface area (Å²) >= 11 is 1.56. The van der Waals surface area contributed by atoms with Crippen molar-refractivity contribution in [2.75, 3.05) is 74.5 Å². The van der Waals surface area contributed by atoms with Gasteiger partial charge in [0.25, 0.3) is 5.91 Å². The summed E-state index contributed by atoms with van der Waals surface area (Å²) in [6.45, 7) is 14.7. The van der Waals surface area contributed by atoms with Crippen molar-refractivity contribution >= 4 is 64.0 Å². The average molecular weight is 1240 g/mol. The molecule has 3 fully saturated rings. The van der Waals surface area contributed by atoms with Crippen molar-refractivity contribution in [3.63, 3.8) is 0 Å². The highest BCUT2D eigenvalue weighted by Crippen LogP contribution is 2.38. The van der Waals surface area contributed by atoms with Crippen LogP contribution in [0.25, 0.3) is 21.6 Å². The minimum atomic E-state index is -5.00. The number of likely N-dealkylation sites (N-methyl/N-ethyl adjacent to an activating group) is 1. The van der Waals surface area contributed by atoms with Crippen LogP contribution in [0, 0.1) is 18.2 Å². The molecule has 20 nitrogen and oxygen atoms in total. The van der Waals surface area contributed by atoms with E-state index in [2.05, 4.69) is 41.1 Å². The quantitative estimate of drug-likeness (QED) is 0.0291. The van der Waals surface area contributed by atoms with E-state index in [1.54, 1.807) is 33.9 Å². The number of nitrogens with one attached hydrogen (secondary N) is 5. The zero-order valence-electron chi connectivity index (χ0n) is 50.9. The molecule has 6 amide bonds. The highest BCUT2D eigenvalue weighted by Gasteiger charge is 2.45. The molecule has 0 spiro atoms. The van der Waals surface area contributed by atoms with Gasteiger partial charge in [0.2, 0.25) is 35.1 Å². The predicted molar refractivity (Wildman–Crippen MR) is 329 cm³/mol. The summed E-state index contributed by atoms with van der Waals surface area (Å²) in [5, 5.41) is 21.9.